The molecule has 1 N–H and O–H groups in total. The average Bonchev–Trinajstić information content (AvgIpc) is 3.02. The van der Waals surface area contributed by atoms with Crippen molar-refractivity contribution in [2.24, 2.45) is 0 Å². The fourth-order valence-electron chi connectivity index (χ4n) is 3.05. The second kappa shape index (κ2) is 7.87. The summed E-state index contributed by atoms with van der Waals surface area (Å²) in [5.74, 6) is -0.123. The molecule has 0 atom stereocenters. The van der Waals surface area contributed by atoms with Gasteiger partial charge in [-0.25, -0.2) is 9.50 Å². The number of carbonyl (C=O) groups excluding carboxylic acids is 1. The maximum absolute atomic E-state index is 12.4. The summed E-state index contributed by atoms with van der Waals surface area (Å²) in [5, 5.41) is 8.05. The Labute approximate surface area is 158 Å². The predicted molar refractivity (Wildman–Crippen MR) is 104 cm³/mol. The van der Waals surface area contributed by atoms with E-state index in [4.69, 9.17) is 11.6 Å². The molecule has 0 aliphatic rings. The Morgan fingerprint density at radius 1 is 1.31 bits per heavy atom. The Balaban J connectivity index is 1.95. The van der Waals surface area contributed by atoms with Gasteiger partial charge in [0.05, 0.1) is 6.20 Å². The van der Waals surface area contributed by atoms with Crippen LogP contribution in [0.15, 0.2) is 30.5 Å². The molecule has 0 aliphatic carbocycles. The third-order valence-electron chi connectivity index (χ3n) is 4.54. The summed E-state index contributed by atoms with van der Waals surface area (Å²) in [5.41, 5.74) is 5.22. The summed E-state index contributed by atoms with van der Waals surface area (Å²) in [6.45, 7) is 6.74. The first-order valence-electron chi connectivity index (χ1n) is 8.87. The van der Waals surface area contributed by atoms with Crippen LogP contribution in [0, 0.1) is 13.8 Å². The number of hydrogen-bond acceptors (Lipinski definition) is 3. The fourth-order valence-corrected chi connectivity index (χ4v) is 3.26. The predicted octanol–water partition coefficient (Wildman–Crippen LogP) is 4.12. The number of halogens is 1. The first-order chi connectivity index (χ1) is 12.5. The van der Waals surface area contributed by atoms with E-state index in [2.05, 4.69) is 22.3 Å². The lowest BCUT2D eigenvalue weighted by molar-refractivity contribution is 0.0954. The molecular formula is C20H23ClN4O. The molecule has 0 fully saturated rings. The number of unbranched alkanes of at least 4 members (excludes halogenated alkanes) is 1. The minimum atomic E-state index is -0.123. The molecule has 2 heterocycles. The zero-order chi connectivity index (χ0) is 18.7. The Hall–Kier alpha value is -2.40. The number of nitrogens with one attached hydrogen (secondary N) is 1. The van der Waals surface area contributed by atoms with Crippen LogP contribution in [0.1, 0.15) is 52.6 Å². The van der Waals surface area contributed by atoms with Crippen molar-refractivity contribution in [3.05, 3.63) is 63.6 Å². The molecule has 0 unspecified atom stereocenters. The third-order valence-corrected chi connectivity index (χ3v) is 4.77. The molecule has 26 heavy (non-hydrogen) atoms. The highest BCUT2D eigenvalue weighted by Gasteiger charge is 2.18. The van der Waals surface area contributed by atoms with Crippen LogP contribution in [-0.2, 0) is 6.42 Å². The molecule has 3 rings (SSSR count). The number of aryl methyl sites for hydroxylation is 2. The normalized spacial score (nSPS) is 11.1. The van der Waals surface area contributed by atoms with Gasteiger partial charge in [0.2, 0.25) is 0 Å². The maximum Gasteiger partial charge on any atom is 0.256 e. The second-order valence-electron chi connectivity index (χ2n) is 6.47. The van der Waals surface area contributed by atoms with E-state index in [1.807, 2.05) is 38.1 Å². The molecule has 136 valence electrons. The van der Waals surface area contributed by atoms with Gasteiger partial charge in [-0.3, -0.25) is 4.79 Å². The van der Waals surface area contributed by atoms with Crippen molar-refractivity contribution in [2.45, 2.75) is 40.0 Å². The molecule has 0 saturated heterocycles. The number of nitrogens with zero attached hydrogens (tertiary/aromatic N) is 3. The van der Waals surface area contributed by atoms with Gasteiger partial charge in [-0.2, -0.15) is 5.10 Å². The summed E-state index contributed by atoms with van der Waals surface area (Å²) < 4.78 is 1.75. The zero-order valence-electron chi connectivity index (χ0n) is 15.3. The van der Waals surface area contributed by atoms with Crippen LogP contribution < -0.4 is 5.32 Å². The van der Waals surface area contributed by atoms with E-state index >= 15 is 0 Å². The van der Waals surface area contributed by atoms with Gasteiger partial charge < -0.3 is 5.32 Å². The molecule has 6 heteroatoms. The van der Waals surface area contributed by atoms with E-state index in [9.17, 15) is 4.79 Å². The van der Waals surface area contributed by atoms with Crippen LogP contribution in [0.3, 0.4) is 0 Å². The number of hydrogen-bond donors (Lipinski definition) is 1. The molecule has 2 aromatic heterocycles. The minimum absolute atomic E-state index is 0.123. The molecule has 0 spiro atoms. The molecule has 0 radical (unpaired) electrons. The van der Waals surface area contributed by atoms with Gasteiger partial charge >= 0.3 is 0 Å². The highest BCUT2D eigenvalue weighted by Crippen LogP contribution is 2.21. The lowest BCUT2D eigenvalue weighted by Crippen LogP contribution is -2.24. The largest absolute Gasteiger partial charge is 0.352 e. The number of aromatic nitrogens is 3. The van der Waals surface area contributed by atoms with Crippen molar-refractivity contribution < 1.29 is 4.79 Å². The fraction of sp³-hybridized carbons (Fsp3) is 0.350. The highest BCUT2D eigenvalue weighted by molar-refractivity contribution is 6.30. The van der Waals surface area contributed by atoms with Crippen LogP contribution in [0.2, 0.25) is 5.02 Å². The summed E-state index contributed by atoms with van der Waals surface area (Å²) in [6.07, 6.45) is 4.32. The Morgan fingerprint density at radius 3 is 2.85 bits per heavy atom. The molecule has 0 saturated carbocycles. The smallest absolute Gasteiger partial charge is 0.256 e. The number of amides is 1. The van der Waals surface area contributed by atoms with Gasteiger partial charge in [-0.05, 0) is 43.5 Å². The summed E-state index contributed by atoms with van der Waals surface area (Å²) in [6, 6.07) is 7.81. The molecule has 5 nitrogen and oxygen atoms in total. The van der Waals surface area contributed by atoms with Crippen molar-refractivity contribution in [2.75, 3.05) is 6.54 Å². The maximum atomic E-state index is 12.4. The lowest BCUT2D eigenvalue weighted by Gasteiger charge is -2.12. The zero-order valence-corrected chi connectivity index (χ0v) is 16.1. The SMILES string of the molecule is CCCCNC(=O)c1cnn2c(C)c(Cc3cccc(Cl)c3)c(C)nc12. The number of benzene rings is 1. The second-order valence-corrected chi connectivity index (χ2v) is 6.91. The minimum Gasteiger partial charge on any atom is -0.352 e. The van der Waals surface area contributed by atoms with Crippen LogP contribution in [0.5, 0.6) is 0 Å². The molecular weight excluding hydrogens is 348 g/mol. The van der Waals surface area contributed by atoms with Crippen molar-refractivity contribution >= 4 is 23.2 Å². The molecule has 3 aromatic rings. The quantitative estimate of drug-likeness (QED) is 0.664. The van der Waals surface area contributed by atoms with E-state index in [1.165, 1.54) is 0 Å². The van der Waals surface area contributed by atoms with Crippen molar-refractivity contribution in [3.63, 3.8) is 0 Å². The third kappa shape index (κ3) is 3.73. The molecule has 1 aromatic carbocycles. The Bertz CT molecular complexity index is 948. The number of fused-ring (bicyclic) bond motifs is 1. The van der Waals surface area contributed by atoms with Crippen LogP contribution in [0.25, 0.3) is 5.65 Å². The van der Waals surface area contributed by atoms with Gasteiger partial charge in [0.15, 0.2) is 5.65 Å². The van der Waals surface area contributed by atoms with Crippen LogP contribution >= 0.6 is 11.6 Å². The van der Waals surface area contributed by atoms with E-state index in [0.717, 1.165) is 46.8 Å². The Morgan fingerprint density at radius 2 is 2.12 bits per heavy atom. The van der Waals surface area contributed by atoms with Crippen molar-refractivity contribution in [1.29, 1.82) is 0 Å². The van der Waals surface area contributed by atoms with Gasteiger partial charge in [-0.1, -0.05) is 37.1 Å². The highest BCUT2D eigenvalue weighted by atomic mass is 35.5. The van der Waals surface area contributed by atoms with Crippen molar-refractivity contribution in [3.8, 4) is 0 Å². The summed E-state index contributed by atoms with van der Waals surface area (Å²) in [7, 11) is 0. The molecule has 0 bridgehead atoms. The van der Waals surface area contributed by atoms with Gasteiger partial charge in [0, 0.05) is 29.4 Å². The lowest BCUT2D eigenvalue weighted by atomic mass is 10.0. The molecule has 0 aliphatic heterocycles. The van der Waals surface area contributed by atoms with Crippen LogP contribution in [-0.4, -0.2) is 27.0 Å². The van der Waals surface area contributed by atoms with Crippen LogP contribution in [0.4, 0.5) is 0 Å². The summed E-state index contributed by atoms with van der Waals surface area (Å²) >= 11 is 6.10. The average molecular weight is 371 g/mol. The van der Waals surface area contributed by atoms with Gasteiger partial charge in [0.1, 0.15) is 5.56 Å². The Kier molecular flexibility index (Phi) is 5.57. The van der Waals surface area contributed by atoms with Gasteiger partial charge in [-0.15, -0.1) is 0 Å². The standard InChI is InChI=1S/C20H23ClN4O/c1-4-5-9-22-20(26)18-12-23-25-14(3)17(13(2)24-19(18)25)11-15-7-6-8-16(21)10-15/h6-8,10,12H,4-5,9,11H2,1-3H3,(H,22,26). The van der Waals surface area contributed by atoms with E-state index in [-0.39, 0.29) is 5.91 Å². The topological polar surface area (TPSA) is 59.3 Å². The molecule has 1 amide bonds. The van der Waals surface area contributed by atoms with Gasteiger partial charge in [0.25, 0.3) is 5.91 Å². The number of carbonyl (C=O) groups is 1. The van der Waals surface area contributed by atoms with E-state index in [1.54, 1.807) is 10.7 Å². The first kappa shape index (κ1) is 18.4. The monoisotopic (exact) mass is 370 g/mol. The summed E-state index contributed by atoms with van der Waals surface area (Å²) in [4.78, 5) is 17.1. The first-order valence-corrected chi connectivity index (χ1v) is 9.25. The van der Waals surface area contributed by atoms with E-state index < -0.39 is 0 Å². The van der Waals surface area contributed by atoms with E-state index in [0.29, 0.717) is 17.8 Å². The number of rotatable bonds is 6. The van der Waals surface area contributed by atoms with Crippen molar-refractivity contribution in [1.82, 2.24) is 19.9 Å².